The first-order valence-electron chi connectivity index (χ1n) is 8.19. The Morgan fingerprint density at radius 1 is 1.19 bits per heavy atom. The third-order valence-electron chi connectivity index (χ3n) is 3.66. The number of benzene rings is 1. The van der Waals surface area contributed by atoms with E-state index in [-0.39, 0.29) is 11.6 Å². The lowest BCUT2D eigenvalue weighted by Crippen LogP contribution is -2.16. The zero-order valence-corrected chi connectivity index (χ0v) is 15.6. The molecule has 3 aromatic rings. The number of aromatic nitrogens is 3. The summed E-state index contributed by atoms with van der Waals surface area (Å²) in [5.41, 5.74) is 1.56. The van der Waals surface area contributed by atoms with Gasteiger partial charge in [-0.3, -0.25) is 9.78 Å². The van der Waals surface area contributed by atoms with E-state index < -0.39 is 0 Å². The minimum absolute atomic E-state index is 0.230. The van der Waals surface area contributed by atoms with Crippen molar-refractivity contribution in [2.24, 2.45) is 0 Å². The van der Waals surface area contributed by atoms with Crippen LogP contribution in [0.25, 0.3) is 0 Å². The molecule has 138 valence electrons. The summed E-state index contributed by atoms with van der Waals surface area (Å²) in [5, 5.41) is 6.41. The van der Waals surface area contributed by atoms with Gasteiger partial charge >= 0.3 is 0 Å². The minimum atomic E-state index is -0.387. The maximum atomic E-state index is 12.6. The second-order valence-corrected chi connectivity index (χ2v) is 6.10. The van der Waals surface area contributed by atoms with E-state index >= 15 is 0 Å². The van der Waals surface area contributed by atoms with Gasteiger partial charge in [-0.25, -0.2) is 9.97 Å². The van der Waals surface area contributed by atoms with Crippen molar-refractivity contribution in [1.29, 1.82) is 0 Å². The van der Waals surface area contributed by atoms with E-state index in [1.807, 2.05) is 18.2 Å². The van der Waals surface area contributed by atoms with Crippen LogP contribution < -0.4 is 15.4 Å². The van der Waals surface area contributed by atoms with Crippen LogP contribution in [0.15, 0.2) is 48.7 Å². The number of carbonyl (C=O) groups is 1. The Morgan fingerprint density at radius 3 is 2.78 bits per heavy atom. The van der Waals surface area contributed by atoms with Gasteiger partial charge in [0.2, 0.25) is 0 Å². The first kappa shape index (κ1) is 18.6. The van der Waals surface area contributed by atoms with Crippen molar-refractivity contribution in [2.75, 3.05) is 17.7 Å². The summed E-state index contributed by atoms with van der Waals surface area (Å²) in [7, 11) is 1.52. The fourth-order valence-corrected chi connectivity index (χ4v) is 2.59. The molecule has 27 heavy (non-hydrogen) atoms. The van der Waals surface area contributed by atoms with E-state index in [1.165, 1.54) is 7.11 Å². The predicted molar refractivity (Wildman–Crippen MR) is 104 cm³/mol. The van der Waals surface area contributed by atoms with E-state index in [0.717, 1.165) is 5.69 Å². The fourth-order valence-electron chi connectivity index (χ4n) is 2.42. The number of rotatable bonds is 6. The molecule has 2 heterocycles. The molecule has 0 atom stereocenters. The SMILES string of the molecule is COc1ccc(Cl)cc1NC(=O)c1cc(NCc2ccccn2)nc(C)n1. The van der Waals surface area contributed by atoms with E-state index in [9.17, 15) is 4.79 Å². The van der Waals surface area contributed by atoms with Gasteiger partial charge in [0.1, 0.15) is 23.1 Å². The van der Waals surface area contributed by atoms with Crippen LogP contribution >= 0.6 is 11.6 Å². The van der Waals surface area contributed by atoms with Crippen LogP contribution in [0.4, 0.5) is 11.5 Å². The molecule has 1 amide bonds. The minimum Gasteiger partial charge on any atom is -0.495 e. The maximum absolute atomic E-state index is 12.6. The topological polar surface area (TPSA) is 89.0 Å². The lowest BCUT2D eigenvalue weighted by atomic mass is 10.2. The number of pyridine rings is 1. The predicted octanol–water partition coefficient (Wildman–Crippen LogP) is 3.71. The van der Waals surface area contributed by atoms with Gasteiger partial charge in [-0.15, -0.1) is 0 Å². The highest BCUT2D eigenvalue weighted by Crippen LogP contribution is 2.28. The van der Waals surface area contributed by atoms with E-state index in [0.29, 0.717) is 34.6 Å². The van der Waals surface area contributed by atoms with Crippen LogP contribution in [0.3, 0.4) is 0 Å². The molecule has 3 rings (SSSR count). The van der Waals surface area contributed by atoms with Crippen LogP contribution in [-0.2, 0) is 6.54 Å². The Balaban J connectivity index is 1.77. The molecule has 0 aliphatic heterocycles. The van der Waals surface area contributed by atoms with Gasteiger partial charge in [-0.1, -0.05) is 17.7 Å². The van der Waals surface area contributed by atoms with Crippen molar-refractivity contribution in [1.82, 2.24) is 15.0 Å². The molecular weight excluding hydrogens is 366 g/mol. The number of halogens is 1. The number of hydrogen-bond acceptors (Lipinski definition) is 6. The van der Waals surface area contributed by atoms with Crippen molar-refractivity contribution >= 4 is 29.0 Å². The molecule has 0 radical (unpaired) electrons. The third kappa shape index (κ3) is 4.92. The smallest absolute Gasteiger partial charge is 0.274 e. The average molecular weight is 384 g/mol. The van der Waals surface area contributed by atoms with Crippen LogP contribution in [0.2, 0.25) is 5.02 Å². The summed E-state index contributed by atoms with van der Waals surface area (Å²) in [6.07, 6.45) is 1.72. The molecule has 0 aliphatic rings. The zero-order valence-electron chi connectivity index (χ0n) is 14.9. The fraction of sp³-hybridized carbons (Fsp3) is 0.158. The lowest BCUT2D eigenvalue weighted by molar-refractivity contribution is 0.102. The summed E-state index contributed by atoms with van der Waals surface area (Å²) in [6.45, 7) is 2.21. The number of anilines is 2. The molecule has 0 aliphatic carbocycles. The quantitative estimate of drug-likeness (QED) is 0.674. The van der Waals surface area contributed by atoms with Gasteiger partial charge in [-0.05, 0) is 37.3 Å². The monoisotopic (exact) mass is 383 g/mol. The molecule has 2 aromatic heterocycles. The molecule has 7 nitrogen and oxygen atoms in total. The Kier molecular flexibility index (Phi) is 5.83. The highest BCUT2D eigenvalue weighted by atomic mass is 35.5. The molecule has 0 unspecified atom stereocenters. The molecular formula is C19H18ClN5O2. The van der Waals surface area contributed by atoms with Crippen molar-refractivity contribution in [3.05, 3.63) is 70.9 Å². The Hall–Kier alpha value is -3.19. The molecule has 0 spiro atoms. The van der Waals surface area contributed by atoms with E-state index in [1.54, 1.807) is 37.4 Å². The normalized spacial score (nSPS) is 10.3. The van der Waals surface area contributed by atoms with Crippen molar-refractivity contribution in [3.8, 4) is 5.75 Å². The second kappa shape index (κ2) is 8.46. The number of ether oxygens (including phenoxy) is 1. The largest absolute Gasteiger partial charge is 0.495 e. The van der Waals surface area contributed by atoms with Crippen LogP contribution in [0.5, 0.6) is 5.75 Å². The molecule has 0 saturated carbocycles. The van der Waals surface area contributed by atoms with Gasteiger partial charge in [0, 0.05) is 17.3 Å². The van der Waals surface area contributed by atoms with Gasteiger partial charge in [0.15, 0.2) is 0 Å². The van der Waals surface area contributed by atoms with Gasteiger partial charge in [-0.2, -0.15) is 0 Å². The van der Waals surface area contributed by atoms with Crippen LogP contribution in [0.1, 0.15) is 22.0 Å². The van der Waals surface area contributed by atoms with Crippen LogP contribution in [-0.4, -0.2) is 28.0 Å². The molecule has 0 bridgehead atoms. The van der Waals surface area contributed by atoms with Gasteiger partial charge in [0.05, 0.1) is 25.0 Å². The number of aryl methyl sites for hydroxylation is 1. The number of amides is 1. The van der Waals surface area contributed by atoms with Crippen molar-refractivity contribution in [2.45, 2.75) is 13.5 Å². The van der Waals surface area contributed by atoms with Gasteiger partial charge < -0.3 is 15.4 Å². The van der Waals surface area contributed by atoms with Crippen LogP contribution in [0, 0.1) is 6.92 Å². The maximum Gasteiger partial charge on any atom is 0.274 e. The molecule has 2 N–H and O–H groups in total. The average Bonchev–Trinajstić information content (AvgIpc) is 2.67. The summed E-state index contributed by atoms with van der Waals surface area (Å²) in [6, 6.07) is 12.2. The zero-order chi connectivity index (χ0) is 19.2. The highest BCUT2D eigenvalue weighted by Gasteiger charge is 2.14. The summed E-state index contributed by atoms with van der Waals surface area (Å²) >= 11 is 6.00. The van der Waals surface area contributed by atoms with Gasteiger partial charge in [0.25, 0.3) is 5.91 Å². The van der Waals surface area contributed by atoms with E-state index in [2.05, 4.69) is 25.6 Å². The van der Waals surface area contributed by atoms with Crippen molar-refractivity contribution < 1.29 is 9.53 Å². The highest BCUT2D eigenvalue weighted by molar-refractivity contribution is 6.31. The Morgan fingerprint density at radius 2 is 2.04 bits per heavy atom. The molecule has 0 saturated heterocycles. The summed E-state index contributed by atoms with van der Waals surface area (Å²) in [4.78, 5) is 25.4. The first-order valence-corrected chi connectivity index (χ1v) is 8.57. The second-order valence-electron chi connectivity index (χ2n) is 5.66. The first-order chi connectivity index (χ1) is 13.0. The lowest BCUT2D eigenvalue weighted by Gasteiger charge is -2.11. The summed E-state index contributed by atoms with van der Waals surface area (Å²) in [5.74, 6) is 1.13. The molecule has 8 heteroatoms. The number of methoxy groups -OCH3 is 1. The number of nitrogens with zero attached hydrogens (tertiary/aromatic N) is 3. The molecule has 0 fully saturated rings. The standard InChI is InChI=1S/C19H18ClN5O2/c1-12-23-16(10-18(24-12)22-11-14-5-3-4-8-21-14)19(26)25-15-9-13(20)6-7-17(15)27-2/h3-10H,11H2,1-2H3,(H,25,26)(H,22,23,24). The Bertz CT molecular complexity index is 950. The number of carbonyl (C=O) groups excluding carboxylic acids is 1. The molecule has 1 aromatic carbocycles. The van der Waals surface area contributed by atoms with E-state index in [4.69, 9.17) is 16.3 Å². The third-order valence-corrected chi connectivity index (χ3v) is 3.89. The van der Waals surface area contributed by atoms with Crippen molar-refractivity contribution in [3.63, 3.8) is 0 Å². The number of nitrogens with one attached hydrogen (secondary N) is 2. The number of hydrogen-bond donors (Lipinski definition) is 2. The summed E-state index contributed by atoms with van der Waals surface area (Å²) < 4.78 is 5.25. The Labute approximate surface area is 161 Å².